The van der Waals surface area contributed by atoms with Gasteiger partial charge in [-0.1, -0.05) is 18.2 Å². The van der Waals surface area contributed by atoms with Crippen LogP contribution in [-0.4, -0.2) is 51.8 Å². The minimum atomic E-state index is -3.31. The van der Waals surface area contributed by atoms with Crippen molar-refractivity contribution in [3.8, 4) is 17.2 Å². The van der Waals surface area contributed by atoms with E-state index in [4.69, 9.17) is 9.47 Å². The van der Waals surface area contributed by atoms with Gasteiger partial charge in [-0.15, -0.1) is 0 Å². The van der Waals surface area contributed by atoms with Crippen molar-refractivity contribution in [1.82, 2.24) is 10.2 Å². The van der Waals surface area contributed by atoms with Crippen LogP contribution in [0.2, 0.25) is 0 Å². The van der Waals surface area contributed by atoms with Gasteiger partial charge in [0.05, 0.1) is 13.4 Å². The lowest BCUT2D eigenvalue weighted by Crippen LogP contribution is -2.45. The minimum absolute atomic E-state index is 0.136. The molecule has 37 heavy (non-hydrogen) atoms. The monoisotopic (exact) mass is 524 g/mol. The molecule has 1 aliphatic rings. The SMILES string of the molecule is COc1cccc(NC(=O)NC2CCN(Cc3ccc(Oc4ccc(NS(C)(=O)=O)cc4)cc3)CC2)c1. The summed E-state index contributed by atoms with van der Waals surface area (Å²) < 4.78 is 36.1. The molecule has 0 radical (unpaired) electrons. The number of carbonyl (C=O) groups excluding carboxylic acids is 1. The topological polar surface area (TPSA) is 109 Å². The molecule has 0 saturated carbocycles. The van der Waals surface area contributed by atoms with Crippen molar-refractivity contribution < 1.29 is 22.7 Å². The third-order valence-electron chi connectivity index (χ3n) is 5.97. The molecule has 3 aromatic rings. The first-order valence-electron chi connectivity index (χ1n) is 12.0. The van der Waals surface area contributed by atoms with E-state index in [9.17, 15) is 13.2 Å². The number of likely N-dealkylation sites (tertiary alicyclic amines) is 1. The van der Waals surface area contributed by atoms with E-state index in [2.05, 4.69) is 20.3 Å². The van der Waals surface area contributed by atoms with E-state index in [0.717, 1.165) is 38.7 Å². The molecule has 0 bridgehead atoms. The number of sulfonamides is 1. The van der Waals surface area contributed by atoms with Crippen LogP contribution in [0.1, 0.15) is 18.4 Å². The summed E-state index contributed by atoms with van der Waals surface area (Å²) >= 11 is 0. The first kappa shape index (κ1) is 26.3. The second kappa shape index (κ2) is 12.0. The summed E-state index contributed by atoms with van der Waals surface area (Å²) in [4.78, 5) is 14.7. The molecule has 1 aliphatic heterocycles. The number of piperidine rings is 1. The number of urea groups is 1. The molecule has 3 N–H and O–H groups in total. The van der Waals surface area contributed by atoms with Crippen LogP contribution in [0.15, 0.2) is 72.8 Å². The van der Waals surface area contributed by atoms with Gasteiger partial charge in [-0.05, 0) is 66.9 Å². The highest BCUT2D eigenvalue weighted by Crippen LogP contribution is 2.24. The number of methoxy groups -OCH3 is 1. The Hall–Kier alpha value is -3.76. The number of ether oxygens (including phenoxy) is 2. The zero-order chi connectivity index (χ0) is 26.3. The molecule has 0 aromatic heterocycles. The van der Waals surface area contributed by atoms with Crippen molar-refractivity contribution in [3.63, 3.8) is 0 Å². The Morgan fingerprint density at radius 3 is 2.19 bits per heavy atom. The first-order valence-corrected chi connectivity index (χ1v) is 13.9. The molecule has 10 heteroatoms. The Morgan fingerprint density at radius 1 is 0.919 bits per heavy atom. The molecule has 2 amide bonds. The van der Waals surface area contributed by atoms with E-state index in [1.54, 1.807) is 37.4 Å². The maximum absolute atomic E-state index is 12.4. The van der Waals surface area contributed by atoms with Gasteiger partial charge in [-0.3, -0.25) is 9.62 Å². The fourth-order valence-electron chi connectivity index (χ4n) is 4.15. The Balaban J connectivity index is 1.20. The van der Waals surface area contributed by atoms with Gasteiger partial charge in [0, 0.05) is 43.1 Å². The normalized spacial score (nSPS) is 14.5. The van der Waals surface area contributed by atoms with Gasteiger partial charge in [-0.25, -0.2) is 13.2 Å². The lowest BCUT2D eigenvalue weighted by molar-refractivity contribution is 0.190. The summed E-state index contributed by atoms with van der Waals surface area (Å²) in [6.45, 7) is 2.63. The van der Waals surface area contributed by atoms with E-state index < -0.39 is 10.0 Å². The zero-order valence-electron chi connectivity index (χ0n) is 20.9. The largest absolute Gasteiger partial charge is 0.497 e. The molecule has 0 unspecified atom stereocenters. The van der Waals surface area contributed by atoms with Crippen LogP contribution in [0.5, 0.6) is 17.2 Å². The number of rotatable bonds is 9. The Bertz CT molecular complexity index is 1290. The average Bonchev–Trinajstić information content (AvgIpc) is 2.87. The number of benzene rings is 3. The zero-order valence-corrected chi connectivity index (χ0v) is 21.8. The number of nitrogens with one attached hydrogen (secondary N) is 3. The van der Waals surface area contributed by atoms with Crippen LogP contribution in [0.3, 0.4) is 0 Å². The van der Waals surface area contributed by atoms with Gasteiger partial charge in [0.25, 0.3) is 0 Å². The molecule has 1 fully saturated rings. The molecule has 3 aromatic carbocycles. The van der Waals surface area contributed by atoms with Gasteiger partial charge >= 0.3 is 6.03 Å². The summed E-state index contributed by atoms with van der Waals surface area (Å²) in [5, 5.41) is 5.93. The number of anilines is 2. The third-order valence-corrected chi connectivity index (χ3v) is 6.58. The molecule has 1 heterocycles. The molecule has 1 saturated heterocycles. The van der Waals surface area contributed by atoms with Crippen molar-refractivity contribution >= 4 is 27.4 Å². The van der Waals surface area contributed by atoms with Crippen LogP contribution >= 0.6 is 0 Å². The van der Waals surface area contributed by atoms with Crippen LogP contribution < -0.4 is 24.8 Å². The minimum Gasteiger partial charge on any atom is -0.497 e. The third kappa shape index (κ3) is 8.40. The van der Waals surface area contributed by atoms with Crippen LogP contribution in [0, 0.1) is 0 Å². The van der Waals surface area contributed by atoms with Crippen molar-refractivity contribution in [2.75, 3.05) is 36.5 Å². The van der Waals surface area contributed by atoms with E-state index in [-0.39, 0.29) is 12.1 Å². The van der Waals surface area contributed by atoms with E-state index in [1.807, 2.05) is 42.5 Å². The van der Waals surface area contributed by atoms with Gasteiger partial charge in [0.1, 0.15) is 17.2 Å². The predicted octanol–water partition coefficient (Wildman–Crippen LogP) is 4.65. The fraction of sp³-hybridized carbons (Fsp3) is 0.296. The molecular weight excluding hydrogens is 492 g/mol. The van der Waals surface area contributed by atoms with Crippen LogP contribution in [0.25, 0.3) is 0 Å². The predicted molar refractivity (Wildman–Crippen MR) is 145 cm³/mol. The van der Waals surface area contributed by atoms with Crippen molar-refractivity contribution in [2.24, 2.45) is 0 Å². The van der Waals surface area contributed by atoms with Gasteiger partial charge in [-0.2, -0.15) is 0 Å². The number of carbonyl (C=O) groups is 1. The summed E-state index contributed by atoms with van der Waals surface area (Å²) in [6.07, 6.45) is 2.88. The van der Waals surface area contributed by atoms with Crippen LogP contribution in [0.4, 0.5) is 16.2 Å². The molecule has 0 atom stereocenters. The molecule has 0 aliphatic carbocycles. The summed E-state index contributed by atoms with van der Waals surface area (Å²) in [7, 11) is -1.71. The smallest absolute Gasteiger partial charge is 0.319 e. The maximum Gasteiger partial charge on any atom is 0.319 e. The summed E-state index contributed by atoms with van der Waals surface area (Å²) in [5.74, 6) is 2.03. The average molecular weight is 525 g/mol. The molecule has 9 nitrogen and oxygen atoms in total. The molecule has 0 spiro atoms. The van der Waals surface area contributed by atoms with Crippen molar-refractivity contribution in [2.45, 2.75) is 25.4 Å². The van der Waals surface area contributed by atoms with E-state index in [0.29, 0.717) is 28.6 Å². The van der Waals surface area contributed by atoms with Crippen molar-refractivity contribution in [3.05, 3.63) is 78.4 Å². The standard InChI is InChI=1S/C27H32N4O5S/c1-35-26-5-3-4-23(18-26)29-27(32)28-21-14-16-31(17-15-21)19-20-6-10-24(11-7-20)36-25-12-8-22(9-13-25)30-37(2,33)34/h3-13,18,21,30H,14-17,19H2,1-2H3,(H2,28,29,32). The highest BCUT2D eigenvalue weighted by molar-refractivity contribution is 7.92. The van der Waals surface area contributed by atoms with Crippen LogP contribution in [-0.2, 0) is 16.6 Å². The Labute approximate surface area is 217 Å². The number of amides is 2. The number of hydrogen-bond donors (Lipinski definition) is 3. The fourth-order valence-corrected chi connectivity index (χ4v) is 4.72. The lowest BCUT2D eigenvalue weighted by Gasteiger charge is -2.32. The van der Waals surface area contributed by atoms with E-state index in [1.165, 1.54) is 5.56 Å². The molecular formula is C27H32N4O5S. The van der Waals surface area contributed by atoms with Gasteiger partial charge in [0.15, 0.2) is 0 Å². The molecule has 196 valence electrons. The van der Waals surface area contributed by atoms with Crippen molar-refractivity contribution in [1.29, 1.82) is 0 Å². The van der Waals surface area contributed by atoms with Gasteiger partial charge < -0.3 is 20.1 Å². The summed E-state index contributed by atoms with van der Waals surface area (Å²) in [5.41, 5.74) is 2.37. The summed E-state index contributed by atoms with van der Waals surface area (Å²) in [6, 6.07) is 21.9. The highest BCUT2D eigenvalue weighted by atomic mass is 32.2. The first-order chi connectivity index (χ1) is 17.8. The second-order valence-electron chi connectivity index (χ2n) is 9.03. The van der Waals surface area contributed by atoms with E-state index >= 15 is 0 Å². The molecule has 4 rings (SSSR count). The number of nitrogens with zero attached hydrogens (tertiary/aromatic N) is 1. The maximum atomic E-state index is 12.4. The Morgan fingerprint density at radius 2 is 1.57 bits per heavy atom. The second-order valence-corrected chi connectivity index (χ2v) is 10.8. The quantitative estimate of drug-likeness (QED) is 0.376. The Kier molecular flexibility index (Phi) is 8.52. The lowest BCUT2D eigenvalue weighted by atomic mass is 10.0. The van der Waals surface area contributed by atoms with Gasteiger partial charge in [0.2, 0.25) is 10.0 Å². The highest BCUT2D eigenvalue weighted by Gasteiger charge is 2.21. The number of hydrogen-bond acceptors (Lipinski definition) is 6.